The molecule has 2 saturated heterocycles. The molecule has 2 aromatic rings. The second-order valence-electron chi connectivity index (χ2n) is 6.51. The standard InChI is InChI=1S/C19H23N5O3/c25-19(6-3-16-2-1-13-27-16)24-9-7-22(8-10-24)17-4-5-18(21-20-17)23-11-14-26-15-12-23/h1-6,13H,7-12,14-15H2. The summed E-state index contributed by atoms with van der Waals surface area (Å²) in [6.07, 6.45) is 4.85. The van der Waals surface area contributed by atoms with Gasteiger partial charge in [0.25, 0.3) is 0 Å². The minimum absolute atomic E-state index is 0.000186. The van der Waals surface area contributed by atoms with Crippen LogP contribution in [0.25, 0.3) is 6.08 Å². The summed E-state index contributed by atoms with van der Waals surface area (Å²) in [5, 5.41) is 8.75. The summed E-state index contributed by atoms with van der Waals surface area (Å²) < 4.78 is 10.6. The molecule has 2 aromatic heterocycles. The second kappa shape index (κ2) is 8.22. The summed E-state index contributed by atoms with van der Waals surface area (Å²) >= 11 is 0. The zero-order chi connectivity index (χ0) is 18.5. The van der Waals surface area contributed by atoms with Gasteiger partial charge in [-0.15, -0.1) is 10.2 Å². The summed E-state index contributed by atoms with van der Waals surface area (Å²) in [6, 6.07) is 7.64. The maximum absolute atomic E-state index is 12.3. The van der Waals surface area contributed by atoms with Crippen molar-refractivity contribution in [1.82, 2.24) is 15.1 Å². The molecule has 8 nitrogen and oxygen atoms in total. The molecule has 4 heterocycles. The highest BCUT2D eigenvalue weighted by Gasteiger charge is 2.21. The van der Waals surface area contributed by atoms with Crippen LogP contribution in [0.2, 0.25) is 0 Å². The van der Waals surface area contributed by atoms with Crippen molar-refractivity contribution in [2.24, 2.45) is 0 Å². The van der Waals surface area contributed by atoms with Gasteiger partial charge in [0, 0.05) is 45.3 Å². The van der Waals surface area contributed by atoms with Crippen LogP contribution in [-0.4, -0.2) is 73.5 Å². The Kier molecular flexibility index (Phi) is 5.34. The van der Waals surface area contributed by atoms with E-state index in [9.17, 15) is 4.79 Å². The lowest BCUT2D eigenvalue weighted by Crippen LogP contribution is -2.48. The number of hydrogen-bond donors (Lipinski definition) is 0. The van der Waals surface area contributed by atoms with Crippen LogP contribution in [0.5, 0.6) is 0 Å². The van der Waals surface area contributed by atoms with Crippen molar-refractivity contribution in [1.29, 1.82) is 0 Å². The minimum atomic E-state index is -0.000186. The Morgan fingerprint density at radius 2 is 1.59 bits per heavy atom. The van der Waals surface area contributed by atoms with E-state index in [0.717, 1.165) is 51.0 Å². The van der Waals surface area contributed by atoms with Gasteiger partial charge in [-0.25, -0.2) is 0 Å². The molecule has 0 spiro atoms. The highest BCUT2D eigenvalue weighted by molar-refractivity contribution is 5.91. The van der Waals surface area contributed by atoms with Crippen LogP contribution in [0, 0.1) is 0 Å². The van der Waals surface area contributed by atoms with Crippen molar-refractivity contribution >= 4 is 23.6 Å². The van der Waals surface area contributed by atoms with Gasteiger partial charge in [0.15, 0.2) is 11.6 Å². The van der Waals surface area contributed by atoms with Gasteiger partial charge < -0.3 is 23.9 Å². The zero-order valence-corrected chi connectivity index (χ0v) is 15.2. The summed E-state index contributed by atoms with van der Waals surface area (Å²) in [7, 11) is 0. The number of hydrogen-bond acceptors (Lipinski definition) is 7. The predicted molar refractivity (Wildman–Crippen MR) is 102 cm³/mol. The average molecular weight is 369 g/mol. The molecule has 2 fully saturated rings. The fourth-order valence-electron chi connectivity index (χ4n) is 3.25. The molecule has 1 amide bonds. The summed E-state index contributed by atoms with van der Waals surface area (Å²) in [6.45, 7) is 5.96. The number of piperazine rings is 1. The number of carbonyl (C=O) groups is 1. The molecule has 0 aliphatic carbocycles. The molecule has 0 atom stereocenters. The number of carbonyl (C=O) groups excluding carboxylic acids is 1. The summed E-state index contributed by atoms with van der Waals surface area (Å²) in [5.41, 5.74) is 0. The molecule has 8 heteroatoms. The van der Waals surface area contributed by atoms with E-state index in [-0.39, 0.29) is 5.91 Å². The third-order valence-electron chi connectivity index (χ3n) is 4.82. The largest absolute Gasteiger partial charge is 0.465 e. The van der Waals surface area contributed by atoms with Crippen LogP contribution in [0.3, 0.4) is 0 Å². The quantitative estimate of drug-likeness (QED) is 0.751. The molecule has 0 aromatic carbocycles. The first-order valence-electron chi connectivity index (χ1n) is 9.21. The minimum Gasteiger partial charge on any atom is -0.465 e. The van der Waals surface area contributed by atoms with Gasteiger partial charge in [-0.3, -0.25) is 4.79 Å². The van der Waals surface area contributed by atoms with Crippen LogP contribution >= 0.6 is 0 Å². The molecule has 27 heavy (non-hydrogen) atoms. The smallest absolute Gasteiger partial charge is 0.246 e. The SMILES string of the molecule is O=C(C=Cc1ccco1)N1CCN(c2ccc(N3CCOCC3)nn2)CC1. The Morgan fingerprint density at radius 3 is 2.19 bits per heavy atom. The highest BCUT2D eigenvalue weighted by atomic mass is 16.5. The van der Waals surface area contributed by atoms with Crippen molar-refractivity contribution in [3.63, 3.8) is 0 Å². The molecule has 0 unspecified atom stereocenters. The third-order valence-corrected chi connectivity index (χ3v) is 4.82. The lowest BCUT2D eigenvalue weighted by molar-refractivity contribution is -0.126. The lowest BCUT2D eigenvalue weighted by Gasteiger charge is -2.35. The number of ether oxygens (including phenoxy) is 1. The van der Waals surface area contributed by atoms with Gasteiger partial charge in [-0.1, -0.05) is 0 Å². The average Bonchev–Trinajstić information content (AvgIpc) is 3.27. The predicted octanol–water partition coefficient (Wildman–Crippen LogP) is 1.27. The van der Waals surface area contributed by atoms with Gasteiger partial charge in [0.2, 0.25) is 5.91 Å². The monoisotopic (exact) mass is 369 g/mol. The Labute approximate surface area is 158 Å². The summed E-state index contributed by atoms with van der Waals surface area (Å²) in [5.74, 6) is 2.42. The van der Waals surface area contributed by atoms with Crippen LogP contribution in [-0.2, 0) is 9.53 Å². The molecule has 4 rings (SSSR count). The third kappa shape index (κ3) is 4.28. The number of aromatic nitrogens is 2. The number of nitrogens with zero attached hydrogens (tertiary/aromatic N) is 5. The van der Waals surface area contributed by atoms with E-state index in [1.165, 1.54) is 0 Å². The van der Waals surface area contributed by atoms with E-state index >= 15 is 0 Å². The first-order chi connectivity index (χ1) is 13.3. The Bertz CT molecular complexity index is 761. The van der Waals surface area contributed by atoms with E-state index in [4.69, 9.17) is 9.15 Å². The zero-order valence-electron chi connectivity index (χ0n) is 15.2. The van der Waals surface area contributed by atoms with Crippen LogP contribution in [0.1, 0.15) is 5.76 Å². The van der Waals surface area contributed by atoms with Crippen molar-refractivity contribution in [2.45, 2.75) is 0 Å². The first kappa shape index (κ1) is 17.5. The lowest BCUT2D eigenvalue weighted by atomic mass is 10.3. The number of amides is 1. The number of anilines is 2. The van der Waals surface area contributed by atoms with E-state index in [0.29, 0.717) is 18.8 Å². The first-order valence-corrected chi connectivity index (χ1v) is 9.21. The maximum Gasteiger partial charge on any atom is 0.246 e. The topological polar surface area (TPSA) is 74.9 Å². The molecule has 142 valence electrons. The maximum atomic E-state index is 12.3. The van der Waals surface area contributed by atoms with E-state index in [1.54, 1.807) is 24.5 Å². The fourth-order valence-corrected chi connectivity index (χ4v) is 3.25. The van der Waals surface area contributed by atoms with Gasteiger partial charge in [-0.2, -0.15) is 0 Å². The number of morpholine rings is 1. The second-order valence-corrected chi connectivity index (χ2v) is 6.51. The van der Waals surface area contributed by atoms with Crippen molar-refractivity contribution in [3.8, 4) is 0 Å². The molecule has 0 bridgehead atoms. The van der Waals surface area contributed by atoms with Crippen molar-refractivity contribution < 1.29 is 13.9 Å². The number of rotatable bonds is 4. The molecule has 2 aliphatic rings. The highest BCUT2D eigenvalue weighted by Crippen LogP contribution is 2.17. The normalized spacial score (nSPS) is 18.3. The molecule has 0 saturated carbocycles. The van der Waals surface area contributed by atoms with Crippen LogP contribution in [0.4, 0.5) is 11.6 Å². The molecule has 0 N–H and O–H groups in total. The Morgan fingerprint density at radius 1 is 0.926 bits per heavy atom. The molecule has 2 aliphatic heterocycles. The van der Waals surface area contributed by atoms with Crippen LogP contribution < -0.4 is 9.80 Å². The van der Waals surface area contributed by atoms with Crippen molar-refractivity contribution in [3.05, 3.63) is 42.4 Å². The van der Waals surface area contributed by atoms with Crippen LogP contribution in [0.15, 0.2) is 41.0 Å². The molecule has 0 radical (unpaired) electrons. The van der Waals surface area contributed by atoms with E-state index < -0.39 is 0 Å². The van der Waals surface area contributed by atoms with Crippen molar-refractivity contribution in [2.75, 3.05) is 62.3 Å². The Balaban J connectivity index is 1.30. The number of furan rings is 1. The molecular weight excluding hydrogens is 346 g/mol. The van der Waals surface area contributed by atoms with E-state index in [2.05, 4.69) is 20.0 Å². The van der Waals surface area contributed by atoms with Gasteiger partial charge in [0.1, 0.15) is 5.76 Å². The Hall–Kier alpha value is -2.87. The van der Waals surface area contributed by atoms with Gasteiger partial charge in [0.05, 0.1) is 19.5 Å². The molecular formula is C19H23N5O3. The fraction of sp³-hybridized carbons (Fsp3) is 0.421. The van der Waals surface area contributed by atoms with Gasteiger partial charge >= 0.3 is 0 Å². The van der Waals surface area contributed by atoms with E-state index in [1.807, 2.05) is 23.1 Å². The van der Waals surface area contributed by atoms with Gasteiger partial charge in [-0.05, 0) is 30.3 Å². The summed E-state index contributed by atoms with van der Waals surface area (Å²) in [4.78, 5) is 18.5.